The van der Waals surface area contributed by atoms with Crippen molar-refractivity contribution in [3.63, 3.8) is 0 Å². The van der Waals surface area contributed by atoms with Crippen LogP contribution in [-0.2, 0) is 14.3 Å². The molecule has 2 aromatic carbocycles. The number of amides is 1. The molecule has 0 heterocycles. The zero-order chi connectivity index (χ0) is 18.1. The molecule has 2 rings (SSSR count). The van der Waals surface area contributed by atoms with Crippen LogP contribution in [0.2, 0.25) is 0 Å². The van der Waals surface area contributed by atoms with Crippen LogP contribution in [0.4, 0.5) is 5.69 Å². The van der Waals surface area contributed by atoms with Crippen LogP contribution < -0.4 is 10.1 Å². The summed E-state index contributed by atoms with van der Waals surface area (Å²) in [6, 6.07) is 17.4. The maximum absolute atomic E-state index is 12.1. The van der Waals surface area contributed by atoms with E-state index in [1.54, 1.807) is 48.5 Å². The van der Waals surface area contributed by atoms with Gasteiger partial charge in [0.1, 0.15) is 17.4 Å². The fourth-order valence-electron chi connectivity index (χ4n) is 1.90. The fraction of sp³-hybridized carbons (Fsp3) is 0.105. The number of benzene rings is 2. The van der Waals surface area contributed by atoms with E-state index in [1.807, 2.05) is 12.1 Å². The van der Waals surface area contributed by atoms with E-state index in [0.29, 0.717) is 17.0 Å². The smallest absolute Gasteiger partial charge is 0.343 e. The summed E-state index contributed by atoms with van der Waals surface area (Å²) >= 11 is 0. The van der Waals surface area contributed by atoms with Gasteiger partial charge in [0.05, 0.1) is 7.11 Å². The average Bonchev–Trinajstić information content (AvgIpc) is 2.65. The molecule has 0 atom stereocenters. The van der Waals surface area contributed by atoms with Crippen molar-refractivity contribution in [2.45, 2.75) is 0 Å². The summed E-state index contributed by atoms with van der Waals surface area (Å²) < 4.78 is 9.72. The van der Waals surface area contributed by atoms with Crippen LogP contribution in [0.15, 0.2) is 60.2 Å². The minimum absolute atomic E-state index is 0.0212. The summed E-state index contributed by atoms with van der Waals surface area (Å²) in [6.45, 7) is -0.186. The Balaban J connectivity index is 2.05. The molecule has 0 bridgehead atoms. The summed E-state index contributed by atoms with van der Waals surface area (Å²) in [5.41, 5.74) is 1.25. The molecule has 6 heteroatoms. The highest BCUT2D eigenvalue weighted by atomic mass is 16.6. The zero-order valence-electron chi connectivity index (χ0n) is 13.6. The van der Waals surface area contributed by atoms with E-state index in [2.05, 4.69) is 10.1 Å². The lowest BCUT2D eigenvalue weighted by Gasteiger charge is -2.05. The van der Waals surface area contributed by atoms with Crippen molar-refractivity contribution in [2.24, 2.45) is 0 Å². The second-order valence-electron chi connectivity index (χ2n) is 4.92. The molecule has 0 spiro atoms. The molecule has 0 saturated heterocycles. The molecule has 0 fully saturated rings. The summed E-state index contributed by atoms with van der Waals surface area (Å²) in [6.07, 6.45) is 1.47. The number of methoxy groups -OCH3 is 1. The van der Waals surface area contributed by atoms with Gasteiger partial charge in [-0.2, -0.15) is 5.26 Å². The Morgan fingerprint density at radius 1 is 1.12 bits per heavy atom. The van der Waals surface area contributed by atoms with Gasteiger partial charge < -0.3 is 14.8 Å². The summed E-state index contributed by atoms with van der Waals surface area (Å²) in [4.78, 5) is 23.2. The number of hydrogen-bond acceptors (Lipinski definition) is 5. The third kappa shape index (κ3) is 5.52. The second-order valence-corrected chi connectivity index (χ2v) is 4.92. The third-order valence-electron chi connectivity index (χ3n) is 3.17. The van der Waals surface area contributed by atoms with Crippen LogP contribution in [0.25, 0.3) is 6.08 Å². The van der Waals surface area contributed by atoms with Gasteiger partial charge in [0, 0.05) is 5.69 Å². The Hall–Kier alpha value is -3.59. The highest BCUT2D eigenvalue weighted by Crippen LogP contribution is 2.15. The predicted molar refractivity (Wildman–Crippen MR) is 92.6 cm³/mol. The lowest BCUT2D eigenvalue weighted by atomic mass is 10.1. The van der Waals surface area contributed by atoms with Gasteiger partial charge in [-0.1, -0.05) is 30.3 Å². The number of nitrogens with zero attached hydrogens (tertiary/aromatic N) is 1. The Morgan fingerprint density at radius 2 is 1.80 bits per heavy atom. The highest BCUT2D eigenvalue weighted by molar-refractivity contribution is 6.09. The fourth-order valence-corrected chi connectivity index (χ4v) is 1.90. The number of nitriles is 1. The van der Waals surface area contributed by atoms with E-state index in [4.69, 9.17) is 4.74 Å². The van der Waals surface area contributed by atoms with Crippen LogP contribution in [0.3, 0.4) is 0 Å². The lowest BCUT2D eigenvalue weighted by Crippen LogP contribution is -2.13. The predicted octanol–water partition coefficient (Wildman–Crippen LogP) is 2.78. The molecule has 0 radical (unpaired) electrons. The topological polar surface area (TPSA) is 88.4 Å². The van der Waals surface area contributed by atoms with Gasteiger partial charge in [-0.05, 0) is 35.9 Å². The second kappa shape index (κ2) is 8.89. The number of nitrogens with one attached hydrogen (secondary N) is 1. The molecular formula is C19H16N2O4. The number of carbonyl (C=O) groups excluding carboxylic acids is 2. The molecule has 1 N–H and O–H groups in total. The van der Waals surface area contributed by atoms with Crippen LogP contribution >= 0.6 is 0 Å². The summed E-state index contributed by atoms with van der Waals surface area (Å²) in [7, 11) is 1.28. The molecule has 1 amide bonds. The monoisotopic (exact) mass is 336 g/mol. The first-order valence-corrected chi connectivity index (χ1v) is 7.40. The van der Waals surface area contributed by atoms with Gasteiger partial charge in [-0.3, -0.25) is 4.79 Å². The first kappa shape index (κ1) is 17.8. The van der Waals surface area contributed by atoms with E-state index >= 15 is 0 Å². The van der Waals surface area contributed by atoms with Gasteiger partial charge in [0.15, 0.2) is 6.61 Å². The Kier molecular flexibility index (Phi) is 6.32. The Morgan fingerprint density at radius 3 is 2.40 bits per heavy atom. The van der Waals surface area contributed by atoms with Gasteiger partial charge in [0.25, 0.3) is 5.91 Å². The van der Waals surface area contributed by atoms with E-state index in [1.165, 1.54) is 13.2 Å². The van der Waals surface area contributed by atoms with Crippen molar-refractivity contribution < 1.29 is 19.1 Å². The van der Waals surface area contributed by atoms with Crippen LogP contribution in [0.1, 0.15) is 5.56 Å². The maximum Gasteiger partial charge on any atom is 0.343 e. The Bertz CT molecular complexity index is 806. The molecular weight excluding hydrogens is 320 g/mol. The van der Waals surface area contributed by atoms with E-state index in [9.17, 15) is 14.9 Å². The molecule has 0 aliphatic rings. The average molecular weight is 336 g/mol. The number of rotatable bonds is 6. The van der Waals surface area contributed by atoms with Gasteiger partial charge >= 0.3 is 5.97 Å². The van der Waals surface area contributed by atoms with Crippen molar-refractivity contribution in [3.8, 4) is 11.8 Å². The molecule has 0 unspecified atom stereocenters. The quantitative estimate of drug-likeness (QED) is 0.498. The molecule has 0 aliphatic heterocycles. The minimum Gasteiger partial charge on any atom is -0.482 e. The third-order valence-corrected chi connectivity index (χ3v) is 3.17. The highest BCUT2D eigenvalue weighted by Gasteiger charge is 2.09. The van der Waals surface area contributed by atoms with Crippen molar-refractivity contribution in [1.82, 2.24) is 0 Å². The first-order valence-electron chi connectivity index (χ1n) is 7.40. The molecule has 0 saturated carbocycles. The number of esters is 1. The zero-order valence-corrected chi connectivity index (χ0v) is 13.6. The van der Waals surface area contributed by atoms with Crippen LogP contribution in [0, 0.1) is 11.3 Å². The number of anilines is 1. The standard InChI is InChI=1S/C19H16N2O4/c1-24-18(22)13-25-17-9-7-14(8-10-17)11-15(12-20)19(23)21-16-5-3-2-4-6-16/h2-11H,13H2,1H3,(H,21,23). The van der Waals surface area contributed by atoms with Crippen LogP contribution in [0.5, 0.6) is 5.75 Å². The number of para-hydroxylation sites is 1. The molecule has 0 aromatic heterocycles. The summed E-state index contributed by atoms with van der Waals surface area (Å²) in [5.74, 6) is -0.483. The lowest BCUT2D eigenvalue weighted by molar-refractivity contribution is -0.142. The molecule has 0 aliphatic carbocycles. The van der Waals surface area contributed by atoms with Crippen LogP contribution in [-0.4, -0.2) is 25.6 Å². The van der Waals surface area contributed by atoms with Crippen molar-refractivity contribution in [2.75, 3.05) is 19.0 Å². The van der Waals surface area contributed by atoms with Gasteiger partial charge in [-0.15, -0.1) is 0 Å². The van der Waals surface area contributed by atoms with Gasteiger partial charge in [-0.25, -0.2) is 4.79 Å². The Labute approximate surface area is 145 Å². The van der Waals surface area contributed by atoms with Crippen molar-refractivity contribution >= 4 is 23.6 Å². The minimum atomic E-state index is -0.486. The largest absolute Gasteiger partial charge is 0.482 e. The molecule has 126 valence electrons. The van der Waals surface area contributed by atoms with E-state index in [0.717, 1.165) is 0 Å². The number of hydrogen-bond donors (Lipinski definition) is 1. The maximum atomic E-state index is 12.1. The van der Waals surface area contributed by atoms with Gasteiger partial charge in [0.2, 0.25) is 0 Å². The number of carbonyl (C=O) groups is 2. The molecule has 6 nitrogen and oxygen atoms in total. The molecule has 2 aromatic rings. The number of ether oxygens (including phenoxy) is 2. The SMILES string of the molecule is COC(=O)COc1ccc(C=C(C#N)C(=O)Nc2ccccc2)cc1. The van der Waals surface area contributed by atoms with Crippen molar-refractivity contribution in [3.05, 3.63) is 65.7 Å². The summed E-state index contributed by atoms with van der Waals surface area (Å²) in [5, 5.41) is 11.9. The van der Waals surface area contributed by atoms with E-state index in [-0.39, 0.29) is 12.2 Å². The van der Waals surface area contributed by atoms with E-state index < -0.39 is 11.9 Å². The molecule has 25 heavy (non-hydrogen) atoms. The normalized spacial score (nSPS) is 10.5. The first-order chi connectivity index (χ1) is 12.1. The van der Waals surface area contributed by atoms with Crippen molar-refractivity contribution in [1.29, 1.82) is 5.26 Å².